The average molecular weight is 416 g/mol. The summed E-state index contributed by atoms with van der Waals surface area (Å²) in [6.07, 6.45) is 3.15. The first-order valence-electron chi connectivity index (χ1n) is 10.1. The van der Waals surface area contributed by atoms with E-state index in [0.29, 0.717) is 24.7 Å². The predicted molar refractivity (Wildman–Crippen MR) is 116 cm³/mol. The fourth-order valence-corrected chi connectivity index (χ4v) is 3.78. The Morgan fingerprint density at radius 2 is 1.77 bits per heavy atom. The highest BCUT2D eigenvalue weighted by molar-refractivity contribution is 5.80. The van der Waals surface area contributed by atoms with Gasteiger partial charge in [0.25, 0.3) is 0 Å². The second-order valence-electron chi connectivity index (χ2n) is 7.33. The third kappa shape index (κ3) is 3.71. The highest BCUT2D eigenvalue weighted by Gasteiger charge is 2.28. The van der Waals surface area contributed by atoms with E-state index < -0.39 is 4.92 Å². The first-order chi connectivity index (χ1) is 15.2. The van der Waals surface area contributed by atoms with Gasteiger partial charge in [-0.3, -0.25) is 14.7 Å². The van der Waals surface area contributed by atoms with Gasteiger partial charge in [-0.2, -0.15) is 4.98 Å². The van der Waals surface area contributed by atoms with E-state index in [0.717, 1.165) is 23.9 Å². The molecule has 0 spiro atoms. The molecule has 0 amide bonds. The number of para-hydroxylation sites is 2. The standard InChI is InChI=1S/C22H20N6O3/c29-28(30)20-19(15-6-2-1-3-7-15)25-22(26-21(20)24-16-10-12-31-13-11-16)27-14-23-17-8-4-5-9-18(17)27/h1-9,14,16H,10-13H2,(H,24,25,26). The van der Waals surface area contributed by atoms with Crippen LogP contribution in [-0.2, 0) is 4.74 Å². The Morgan fingerprint density at radius 3 is 2.55 bits per heavy atom. The van der Waals surface area contributed by atoms with Crippen LogP contribution in [-0.4, -0.2) is 43.7 Å². The van der Waals surface area contributed by atoms with E-state index in [1.807, 2.05) is 54.6 Å². The van der Waals surface area contributed by atoms with Crippen LogP contribution in [0.1, 0.15) is 12.8 Å². The van der Waals surface area contributed by atoms with Crippen LogP contribution in [0.3, 0.4) is 0 Å². The molecule has 156 valence electrons. The van der Waals surface area contributed by atoms with Crippen LogP contribution in [0, 0.1) is 10.1 Å². The molecule has 1 N–H and O–H groups in total. The molecule has 1 saturated heterocycles. The molecule has 1 fully saturated rings. The van der Waals surface area contributed by atoms with Gasteiger partial charge in [0.05, 0.1) is 16.0 Å². The topological polar surface area (TPSA) is 108 Å². The maximum absolute atomic E-state index is 12.1. The lowest BCUT2D eigenvalue weighted by atomic mass is 10.1. The number of hydrogen-bond donors (Lipinski definition) is 1. The number of rotatable bonds is 5. The van der Waals surface area contributed by atoms with Gasteiger partial charge in [-0.25, -0.2) is 9.97 Å². The zero-order valence-corrected chi connectivity index (χ0v) is 16.6. The van der Waals surface area contributed by atoms with Crippen LogP contribution in [0.2, 0.25) is 0 Å². The third-order valence-corrected chi connectivity index (χ3v) is 5.33. The Hall–Kier alpha value is -3.85. The minimum atomic E-state index is -0.417. The second-order valence-corrected chi connectivity index (χ2v) is 7.33. The van der Waals surface area contributed by atoms with Gasteiger partial charge in [-0.15, -0.1) is 0 Å². The van der Waals surface area contributed by atoms with Crippen molar-refractivity contribution in [1.29, 1.82) is 0 Å². The fourth-order valence-electron chi connectivity index (χ4n) is 3.78. The Bertz CT molecular complexity index is 1230. The Kier molecular flexibility index (Phi) is 5.01. The lowest BCUT2D eigenvalue weighted by Crippen LogP contribution is -2.29. The van der Waals surface area contributed by atoms with E-state index in [-0.39, 0.29) is 23.2 Å². The lowest BCUT2D eigenvalue weighted by molar-refractivity contribution is -0.383. The molecular weight excluding hydrogens is 396 g/mol. The molecule has 9 nitrogen and oxygen atoms in total. The number of nitrogens with one attached hydrogen (secondary N) is 1. The van der Waals surface area contributed by atoms with Crippen molar-refractivity contribution < 1.29 is 9.66 Å². The summed E-state index contributed by atoms with van der Waals surface area (Å²) >= 11 is 0. The molecule has 1 aliphatic heterocycles. The van der Waals surface area contributed by atoms with Crippen molar-refractivity contribution in [1.82, 2.24) is 19.5 Å². The van der Waals surface area contributed by atoms with E-state index in [1.165, 1.54) is 0 Å². The lowest BCUT2D eigenvalue weighted by Gasteiger charge is -2.24. The molecule has 0 atom stereocenters. The zero-order chi connectivity index (χ0) is 21.2. The van der Waals surface area contributed by atoms with Gasteiger partial charge < -0.3 is 10.1 Å². The molecule has 0 bridgehead atoms. The number of nitro groups is 1. The number of benzene rings is 2. The highest BCUT2D eigenvalue weighted by Crippen LogP contribution is 2.35. The van der Waals surface area contributed by atoms with E-state index in [2.05, 4.69) is 20.3 Å². The Morgan fingerprint density at radius 1 is 1.03 bits per heavy atom. The maximum atomic E-state index is 12.1. The van der Waals surface area contributed by atoms with Crippen molar-refractivity contribution in [2.75, 3.05) is 18.5 Å². The molecule has 0 unspecified atom stereocenters. The van der Waals surface area contributed by atoms with Gasteiger partial charge in [0.2, 0.25) is 11.8 Å². The molecule has 4 aromatic rings. The monoisotopic (exact) mass is 416 g/mol. The first-order valence-corrected chi connectivity index (χ1v) is 10.1. The molecule has 2 aromatic heterocycles. The normalized spacial score (nSPS) is 14.6. The summed E-state index contributed by atoms with van der Waals surface area (Å²) in [5.41, 5.74) is 2.41. The van der Waals surface area contributed by atoms with Crippen molar-refractivity contribution in [2.24, 2.45) is 0 Å². The quantitative estimate of drug-likeness (QED) is 0.387. The summed E-state index contributed by atoms with van der Waals surface area (Å²) in [6.45, 7) is 1.22. The van der Waals surface area contributed by atoms with Crippen LogP contribution in [0.15, 0.2) is 60.9 Å². The second kappa shape index (κ2) is 8.11. The van der Waals surface area contributed by atoms with Crippen LogP contribution in [0.4, 0.5) is 11.5 Å². The van der Waals surface area contributed by atoms with E-state index in [4.69, 9.17) is 4.74 Å². The predicted octanol–water partition coefficient (Wildman–Crippen LogP) is 3.98. The van der Waals surface area contributed by atoms with Gasteiger partial charge in [0.1, 0.15) is 6.33 Å². The van der Waals surface area contributed by atoms with Crippen LogP contribution >= 0.6 is 0 Å². The molecule has 0 saturated carbocycles. The van der Waals surface area contributed by atoms with Crippen molar-refractivity contribution >= 4 is 22.5 Å². The van der Waals surface area contributed by atoms with E-state index >= 15 is 0 Å². The molecule has 2 aromatic carbocycles. The van der Waals surface area contributed by atoms with Crippen molar-refractivity contribution in [2.45, 2.75) is 18.9 Å². The molecular formula is C22H20N6O3. The number of fused-ring (bicyclic) bond motifs is 1. The molecule has 0 aliphatic carbocycles. The zero-order valence-electron chi connectivity index (χ0n) is 16.6. The van der Waals surface area contributed by atoms with Crippen LogP contribution in [0.25, 0.3) is 28.2 Å². The van der Waals surface area contributed by atoms with Crippen molar-refractivity contribution in [3.05, 3.63) is 71.0 Å². The molecule has 0 radical (unpaired) electrons. The number of anilines is 1. The summed E-state index contributed by atoms with van der Waals surface area (Å²) in [7, 11) is 0. The summed E-state index contributed by atoms with van der Waals surface area (Å²) < 4.78 is 7.17. The van der Waals surface area contributed by atoms with Crippen molar-refractivity contribution in [3.8, 4) is 17.2 Å². The summed E-state index contributed by atoms with van der Waals surface area (Å²) in [5.74, 6) is 0.534. The first kappa shape index (κ1) is 19.1. The summed E-state index contributed by atoms with van der Waals surface area (Å²) in [6, 6.07) is 16.8. The smallest absolute Gasteiger partial charge is 0.337 e. The van der Waals surface area contributed by atoms with E-state index in [1.54, 1.807) is 10.9 Å². The average Bonchev–Trinajstić information content (AvgIpc) is 3.24. The van der Waals surface area contributed by atoms with Gasteiger partial charge in [0, 0.05) is 24.8 Å². The number of imidazole rings is 1. The van der Waals surface area contributed by atoms with Gasteiger partial charge >= 0.3 is 5.69 Å². The third-order valence-electron chi connectivity index (χ3n) is 5.33. The van der Waals surface area contributed by atoms with Gasteiger partial charge in [-0.05, 0) is 25.0 Å². The number of hydrogen-bond acceptors (Lipinski definition) is 7. The fraction of sp³-hybridized carbons (Fsp3) is 0.227. The molecule has 1 aliphatic rings. The summed E-state index contributed by atoms with van der Waals surface area (Å²) in [5, 5.41) is 15.4. The van der Waals surface area contributed by atoms with Crippen LogP contribution < -0.4 is 5.32 Å². The van der Waals surface area contributed by atoms with E-state index in [9.17, 15) is 10.1 Å². The Labute approximate surface area is 177 Å². The van der Waals surface area contributed by atoms with Gasteiger partial charge in [0.15, 0.2) is 5.69 Å². The minimum absolute atomic E-state index is 0.0401. The highest BCUT2D eigenvalue weighted by atomic mass is 16.6. The van der Waals surface area contributed by atoms with Crippen LogP contribution in [0.5, 0.6) is 0 Å². The molecule has 5 rings (SSSR count). The maximum Gasteiger partial charge on any atom is 0.337 e. The number of nitrogens with zero attached hydrogens (tertiary/aromatic N) is 5. The van der Waals surface area contributed by atoms with Gasteiger partial charge in [-0.1, -0.05) is 42.5 Å². The molecule has 3 heterocycles. The SMILES string of the molecule is O=[N+]([O-])c1c(NC2CCOCC2)nc(-n2cnc3ccccc32)nc1-c1ccccc1. The number of ether oxygens (including phenoxy) is 1. The molecule has 9 heteroatoms. The molecule has 31 heavy (non-hydrogen) atoms. The van der Waals surface area contributed by atoms with Crippen molar-refractivity contribution in [3.63, 3.8) is 0 Å². The largest absolute Gasteiger partial charge is 0.381 e. The number of aromatic nitrogens is 4. The minimum Gasteiger partial charge on any atom is -0.381 e. The Balaban J connectivity index is 1.71. The summed E-state index contributed by atoms with van der Waals surface area (Å²) in [4.78, 5) is 25.3.